The number of thiazole rings is 1. The van der Waals surface area contributed by atoms with Crippen LogP contribution >= 0.6 is 11.3 Å². The maximum Gasteiger partial charge on any atom is 0.193 e. The Morgan fingerprint density at radius 2 is 2.21 bits per heavy atom. The first-order chi connectivity index (χ1) is 11.6. The summed E-state index contributed by atoms with van der Waals surface area (Å²) in [5.74, 6) is 0.941. The van der Waals surface area contributed by atoms with Crippen molar-refractivity contribution in [1.82, 2.24) is 25.0 Å². The molecule has 0 saturated carbocycles. The van der Waals surface area contributed by atoms with Gasteiger partial charge in [0.05, 0.1) is 17.2 Å². The Labute approximate surface area is 150 Å². The topological polar surface area (TPSA) is 47.0 Å². The van der Waals surface area contributed by atoms with Gasteiger partial charge >= 0.3 is 0 Å². The smallest absolute Gasteiger partial charge is 0.193 e. The molecule has 0 spiro atoms. The third-order valence-corrected chi connectivity index (χ3v) is 5.21. The molecule has 136 valence electrons. The fraction of sp³-hybridized carbons (Fsp3) is 0.765. The Bertz CT molecular complexity index is 515. The number of hydrogen-bond acceptors (Lipinski definition) is 5. The summed E-state index contributed by atoms with van der Waals surface area (Å²) in [6.07, 6.45) is 2.42. The van der Waals surface area contributed by atoms with Gasteiger partial charge in [0.2, 0.25) is 0 Å². The van der Waals surface area contributed by atoms with Gasteiger partial charge in [-0.3, -0.25) is 4.99 Å². The molecular weight excluding hydrogens is 320 g/mol. The van der Waals surface area contributed by atoms with Crippen molar-refractivity contribution < 1.29 is 0 Å². The van der Waals surface area contributed by atoms with Crippen LogP contribution in [0.5, 0.6) is 0 Å². The Kier molecular flexibility index (Phi) is 7.94. The highest BCUT2D eigenvalue weighted by Gasteiger charge is 2.12. The first kappa shape index (κ1) is 19.1. The molecule has 1 fully saturated rings. The molecule has 0 radical (unpaired) electrons. The summed E-state index contributed by atoms with van der Waals surface area (Å²) in [4.78, 5) is 16.0. The van der Waals surface area contributed by atoms with Crippen molar-refractivity contribution in [1.29, 1.82) is 0 Å². The second-order valence-corrected chi connectivity index (χ2v) is 7.60. The van der Waals surface area contributed by atoms with Crippen LogP contribution in [0.25, 0.3) is 0 Å². The van der Waals surface area contributed by atoms with Gasteiger partial charge in [0.25, 0.3) is 0 Å². The second kappa shape index (κ2) is 9.96. The Balaban J connectivity index is 1.67. The molecule has 2 rings (SSSR count). The van der Waals surface area contributed by atoms with E-state index in [2.05, 4.69) is 49.5 Å². The lowest BCUT2D eigenvalue weighted by Gasteiger charge is -2.23. The predicted octanol–water partition coefficient (Wildman–Crippen LogP) is 1.49. The molecule has 1 aliphatic heterocycles. The highest BCUT2D eigenvalue weighted by Crippen LogP contribution is 2.09. The lowest BCUT2D eigenvalue weighted by atomic mass is 10.3. The number of aliphatic imine (C=N–C) groups is 1. The Morgan fingerprint density at radius 3 is 2.92 bits per heavy atom. The van der Waals surface area contributed by atoms with Gasteiger partial charge < -0.3 is 20.0 Å². The summed E-state index contributed by atoms with van der Waals surface area (Å²) in [5, 5.41) is 6.71. The lowest BCUT2D eigenvalue weighted by Crippen LogP contribution is -2.40. The predicted molar refractivity (Wildman–Crippen MR) is 103 cm³/mol. The molecule has 6 nitrogen and oxygen atoms in total. The van der Waals surface area contributed by atoms with Gasteiger partial charge in [0.1, 0.15) is 0 Å². The van der Waals surface area contributed by atoms with Gasteiger partial charge in [-0.1, -0.05) is 0 Å². The molecule has 0 aromatic carbocycles. The molecule has 1 aliphatic rings. The molecule has 0 unspecified atom stereocenters. The third-order valence-electron chi connectivity index (χ3n) is 4.39. The van der Waals surface area contributed by atoms with E-state index in [4.69, 9.17) is 0 Å². The van der Waals surface area contributed by atoms with E-state index in [0.717, 1.165) is 42.7 Å². The van der Waals surface area contributed by atoms with Crippen molar-refractivity contribution in [2.24, 2.45) is 4.99 Å². The largest absolute Gasteiger partial charge is 0.356 e. The van der Waals surface area contributed by atoms with Crippen molar-refractivity contribution in [2.45, 2.75) is 26.3 Å². The molecule has 0 atom stereocenters. The van der Waals surface area contributed by atoms with E-state index in [9.17, 15) is 0 Å². The molecule has 1 N–H and O–H groups in total. The zero-order chi connectivity index (χ0) is 17.4. The molecule has 2 heterocycles. The normalized spacial score (nSPS) is 17.8. The summed E-state index contributed by atoms with van der Waals surface area (Å²) in [6, 6.07) is 0. The molecule has 0 amide bonds. The van der Waals surface area contributed by atoms with E-state index >= 15 is 0 Å². The number of nitrogens with zero attached hydrogens (tertiary/aromatic N) is 5. The number of guanidine groups is 1. The number of nitrogens with one attached hydrogen (secondary N) is 1. The van der Waals surface area contributed by atoms with E-state index in [0.29, 0.717) is 0 Å². The van der Waals surface area contributed by atoms with E-state index in [-0.39, 0.29) is 0 Å². The first-order valence-electron chi connectivity index (χ1n) is 8.82. The van der Waals surface area contributed by atoms with E-state index < -0.39 is 0 Å². The maximum atomic E-state index is 4.52. The molecule has 7 heteroatoms. The summed E-state index contributed by atoms with van der Waals surface area (Å²) < 4.78 is 0. The number of aryl methyl sites for hydroxylation is 1. The van der Waals surface area contributed by atoms with Gasteiger partial charge in [-0.2, -0.15) is 0 Å². The second-order valence-electron chi connectivity index (χ2n) is 6.54. The van der Waals surface area contributed by atoms with Crippen LogP contribution < -0.4 is 5.32 Å². The van der Waals surface area contributed by atoms with Gasteiger partial charge in [-0.15, -0.1) is 11.3 Å². The summed E-state index contributed by atoms with van der Waals surface area (Å²) in [5.41, 5.74) is 1.11. The van der Waals surface area contributed by atoms with Crippen LogP contribution in [0.3, 0.4) is 0 Å². The zero-order valence-corrected chi connectivity index (χ0v) is 16.4. The first-order valence-corrected chi connectivity index (χ1v) is 9.70. The summed E-state index contributed by atoms with van der Waals surface area (Å²) in [6.45, 7) is 9.78. The van der Waals surface area contributed by atoms with Crippen molar-refractivity contribution in [3.63, 3.8) is 0 Å². The minimum Gasteiger partial charge on any atom is -0.356 e. The van der Waals surface area contributed by atoms with Crippen LogP contribution in [0.15, 0.2) is 10.4 Å². The average molecular weight is 353 g/mol. The molecule has 1 aromatic rings. The number of rotatable bonds is 6. The SMILES string of the molecule is CN=C(NCCCN1CCCN(C)CC1)N(C)Cc1csc(C)n1. The van der Waals surface area contributed by atoms with Gasteiger partial charge in [-0.25, -0.2) is 4.98 Å². The van der Waals surface area contributed by atoms with Gasteiger partial charge in [0.15, 0.2) is 5.96 Å². The van der Waals surface area contributed by atoms with Crippen molar-refractivity contribution in [3.05, 3.63) is 16.1 Å². The molecule has 0 bridgehead atoms. The molecule has 1 saturated heterocycles. The van der Waals surface area contributed by atoms with E-state index in [1.165, 1.54) is 32.6 Å². The van der Waals surface area contributed by atoms with Crippen LogP contribution in [0.2, 0.25) is 0 Å². The van der Waals surface area contributed by atoms with Crippen LogP contribution in [0.4, 0.5) is 0 Å². The van der Waals surface area contributed by atoms with Crippen LogP contribution in [0, 0.1) is 6.92 Å². The van der Waals surface area contributed by atoms with Crippen molar-refractivity contribution in [2.75, 3.05) is 60.4 Å². The quantitative estimate of drug-likeness (QED) is 0.477. The van der Waals surface area contributed by atoms with Crippen molar-refractivity contribution >= 4 is 17.3 Å². The monoisotopic (exact) mass is 352 g/mol. The lowest BCUT2D eigenvalue weighted by molar-refractivity contribution is 0.273. The van der Waals surface area contributed by atoms with E-state index in [1.807, 2.05) is 14.0 Å². The van der Waals surface area contributed by atoms with Crippen molar-refractivity contribution in [3.8, 4) is 0 Å². The number of hydrogen-bond donors (Lipinski definition) is 1. The molecule has 0 aliphatic carbocycles. The van der Waals surface area contributed by atoms with E-state index in [1.54, 1.807) is 11.3 Å². The highest BCUT2D eigenvalue weighted by atomic mass is 32.1. The highest BCUT2D eigenvalue weighted by molar-refractivity contribution is 7.09. The molecule has 1 aromatic heterocycles. The molecule has 24 heavy (non-hydrogen) atoms. The minimum atomic E-state index is 0.794. The fourth-order valence-corrected chi connectivity index (χ4v) is 3.61. The number of aromatic nitrogens is 1. The van der Waals surface area contributed by atoms with Gasteiger partial charge in [0, 0.05) is 39.1 Å². The fourth-order valence-electron chi connectivity index (χ4n) is 3.01. The Hall–Kier alpha value is -1.18. The van der Waals surface area contributed by atoms with Crippen LogP contribution in [0.1, 0.15) is 23.5 Å². The van der Waals surface area contributed by atoms with Crippen LogP contribution in [-0.2, 0) is 6.54 Å². The standard InChI is InChI=1S/C17H32N6S/c1-15-20-16(14-24-15)13-22(4)17(18-2)19-7-5-9-23-10-6-8-21(3)11-12-23/h14H,5-13H2,1-4H3,(H,18,19). The Morgan fingerprint density at radius 1 is 1.38 bits per heavy atom. The average Bonchev–Trinajstić information content (AvgIpc) is 2.84. The summed E-state index contributed by atoms with van der Waals surface area (Å²) >= 11 is 1.70. The summed E-state index contributed by atoms with van der Waals surface area (Å²) in [7, 11) is 6.12. The number of likely N-dealkylation sites (N-methyl/N-ethyl adjacent to an activating group) is 1. The van der Waals surface area contributed by atoms with Crippen LogP contribution in [-0.4, -0.2) is 86.1 Å². The van der Waals surface area contributed by atoms with Gasteiger partial charge in [-0.05, 0) is 46.4 Å². The molecular formula is C17H32N6S. The third kappa shape index (κ3) is 6.37. The minimum absolute atomic E-state index is 0.794. The maximum absolute atomic E-state index is 4.52. The zero-order valence-electron chi connectivity index (χ0n) is 15.6.